The van der Waals surface area contributed by atoms with Gasteiger partial charge in [-0.05, 0) is 39.2 Å². The van der Waals surface area contributed by atoms with E-state index in [-0.39, 0.29) is 6.42 Å². The molecule has 15 nitrogen and oxygen atoms in total. The van der Waals surface area contributed by atoms with Crippen LogP contribution in [0.2, 0.25) is 25.7 Å². The van der Waals surface area contributed by atoms with Crippen LogP contribution in [0, 0.1) is 0 Å². The molecular weight excluding hydrogens is 544 g/mol. The Labute approximate surface area is 235 Å². The van der Waals surface area contributed by atoms with Crippen molar-refractivity contribution in [2.75, 3.05) is 13.2 Å². The van der Waals surface area contributed by atoms with Gasteiger partial charge in [0.25, 0.3) is 0 Å². The first-order valence-corrected chi connectivity index (χ1v) is 16.7. The van der Waals surface area contributed by atoms with Crippen LogP contribution in [0.5, 0.6) is 0 Å². The van der Waals surface area contributed by atoms with E-state index in [4.69, 9.17) is 15.6 Å². The van der Waals surface area contributed by atoms with Crippen molar-refractivity contribution in [3.05, 3.63) is 0 Å². The summed E-state index contributed by atoms with van der Waals surface area (Å²) in [6.07, 6.45) is 0.0891. The topological polar surface area (TPSA) is 235 Å². The first-order valence-electron chi connectivity index (χ1n) is 13.0. The molecule has 0 aliphatic heterocycles. The number of amides is 6. The standard InChI is InChI=1S/C24H44N6O9Si/c1-14(20(33)27-15(2)21(34)30-18(23(36)37)13-19(25)32)28-22(35)17(29-16(3)31)9-7-8-10-26-24(38)39-11-12-40(4,5)6/h14-15,17-18H,7-13H2,1-6H3,(H2,25,32)(H,26,38)(H,27,33)(H,28,35)(H,29,31)(H,30,34)(H,36,37)/t14-,15-,17-,18-/m0/s1. The third kappa shape index (κ3) is 17.0. The van der Waals surface area contributed by atoms with Crippen LogP contribution in [0.25, 0.3) is 0 Å². The molecule has 0 radical (unpaired) electrons. The number of rotatable bonds is 18. The molecule has 0 aliphatic rings. The van der Waals surface area contributed by atoms with Crippen LogP contribution in [0.15, 0.2) is 0 Å². The molecule has 0 rings (SSSR count). The van der Waals surface area contributed by atoms with Gasteiger partial charge in [-0.2, -0.15) is 0 Å². The van der Waals surface area contributed by atoms with E-state index in [1.54, 1.807) is 0 Å². The van der Waals surface area contributed by atoms with Gasteiger partial charge in [0.1, 0.15) is 24.2 Å². The molecule has 0 bridgehead atoms. The van der Waals surface area contributed by atoms with E-state index in [0.717, 1.165) is 6.04 Å². The summed E-state index contributed by atoms with van der Waals surface area (Å²) in [6, 6.07) is -3.94. The number of unbranched alkanes of at least 4 members (excludes halogenated alkanes) is 1. The average molecular weight is 589 g/mol. The largest absolute Gasteiger partial charge is 0.480 e. The van der Waals surface area contributed by atoms with Crippen LogP contribution in [0.4, 0.5) is 4.79 Å². The molecule has 0 unspecified atom stereocenters. The summed E-state index contributed by atoms with van der Waals surface area (Å²) in [5.41, 5.74) is 4.98. The maximum atomic E-state index is 12.7. The Kier molecular flexibility index (Phi) is 16.2. The van der Waals surface area contributed by atoms with Gasteiger partial charge in [-0.3, -0.25) is 24.0 Å². The van der Waals surface area contributed by atoms with Crippen molar-refractivity contribution in [2.45, 2.75) is 96.3 Å². The van der Waals surface area contributed by atoms with E-state index in [2.05, 4.69) is 46.2 Å². The van der Waals surface area contributed by atoms with Crippen molar-refractivity contribution in [1.29, 1.82) is 0 Å². The fourth-order valence-corrected chi connectivity index (χ4v) is 3.87. The van der Waals surface area contributed by atoms with Gasteiger partial charge < -0.3 is 42.2 Å². The lowest BCUT2D eigenvalue weighted by Crippen LogP contribution is -2.56. The Morgan fingerprint density at radius 3 is 1.88 bits per heavy atom. The zero-order chi connectivity index (χ0) is 31.0. The Morgan fingerprint density at radius 1 is 0.825 bits per heavy atom. The summed E-state index contributed by atoms with van der Waals surface area (Å²) in [7, 11) is -1.31. The molecule has 0 aromatic carbocycles. The summed E-state index contributed by atoms with van der Waals surface area (Å²) in [4.78, 5) is 83.0. The monoisotopic (exact) mass is 588 g/mol. The number of primary amides is 1. The van der Waals surface area contributed by atoms with Crippen molar-refractivity contribution in [1.82, 2.24) is 26.6 Å². The molecule has 0 aliphatic carbocycles. The van der Waals surface area contributed by atoms with Crippen molar-refractivity contribution in [2.24, 2.45) is 5.73 Å². The van der Waals surface area contributed by atoms with Gasteiger partial charge in [-0.25, -0.2) is 9.59 Å². The summed E-state index contributed by atoms with van der Waals surface area (Å²) in [6.45, 7) is 11.1. The van der Waals surface area contributed by atoms with E-state index in [0.29, 0.717) is 26.0 Å². The number of hydrogen-bond acceptors (Lipinski definition) is 8. The zero-order valence-corrected chi connectivity index (χ0v) is 25.0. The predicted molar refractivity (Wildman–Crippen MR) is 148 cm³/mol. The lowest BCUT2D eigenvalue weighted by atomic mass is 10.1. The SMILES string of the molecule is CC(=O)N[C@@H](CCCCNC(=O)OCC[Si](C)(C)C)C(=O)N[C@@H](C)C(=O)N[C@@H](C)C(=O)N[C@@H](CC(N)=O)C(=O)O. The number of ether oxygens (including phenoxy) is 1. The molecular formula is C24H44N6O9Si. The van der Waals surface area contributed by atoms with Gasteiger partial charge >= 0.3 is 12.1 Å². The van der Waals surface area contributed by atoms with Gasteiger partial charge in [-0.15, -0.1) is 0 Å². The average Bonchev–Trinajstić information content (AvgIpc) is 2.80. The summed E-state index contributed by atoms with van der Waals surface area (Å²) in [5.74, 6) is -5.08. The smallest absolute Gasteiger partial charge is 0.407 e. The van der Waals surface area contributed by atoms with Crippen molar-refractivity contribution < 1.29 is 43.4 Å². The van der Waals surface area contributed by atoms with Gasteiger partial charge in [0.15, 0.2) is 0 Å². The van der Waals surface area contributed by atoms with E-state index in [1.807, 2.05) is 0 Å². The van der Waals surface area contributed by atoms with Crippen molar-refractivity contribution >= 4 is 49.7 Å². The number of hydrogen-bond donors (Lipinski definition) is 7. The highest BCUT2D eigenvalue weighted by Crippen LogP contribution is 2.07. The number of aliphatic carboxylic acids is 1. The quantitative estimate of drug-likeness (QED) is 0.0781. The van der Waals surface area contributed by atoms with Gasteiger partial charge in [-0.1, -0.05) is 19.6 Å². The van der Waals surface area contributed by atoms with Crippen LogP contribution in [-0.4, -0.2) is 92.1 Å². The fraction of sp³-hybridized carbons (Fsp3) is 0.708. The number of carboxylic acids is 1. The third-order valence-corrected chi connectivity index (χ3v) is 7.20. The Bertz CT molecular complexity index is 925. The van der Waals surface area contributed by atoms with E-state index in [1.165, 1.54) is 20.8 Å². The minimum Gasteiger partial charge on any atom is -0.480 e. The van der Waals surface area contributed by atoms with E-state index >= 15 is 0 Å². The highest BCUT2D eigenvalue weighted by atomic mass is 28.3. The second-order valence-corrected chi connectivity index (χ2v) is 16.3. The normalized spacial score (nSPS) is 13.9. The first kappa shape index (κ1) is 36.3. The molecule has 40 heavy (non-hydrogen) atoms. The number of nitrogens with one attached hydrogen (secondary N) is 5. The Morgan fingerprint density at radius 2 is 1.38 bits per heavy atom. The number of nitrogens with two attached hydrogens (primary N) is 1. The van der Waals surface area contributed by atoms with E-state index in [9.17, 15) is 33.6 Å². The number of carbonyl (C=O) groups is 7. The molecule has 4 atom stereocenters. The Hall–Kier alpha value is -3.69. The fourth-order valence-electron chi connectivity index (χ4n) is 3.16. The van der Waals surface area contributed by atoms with Crippen molar-refractivity contribution in [3.63, 3.8) is 0 Å². The van der Waals surface area contributed by atoms with Crippen LogP contribution in [0.3, 0.4) is 0 Å². The van der Waals surface area contributed by atoms with Crippen molar-refractivity contribution in [3.8, 4) is 0 Å². The molecule has 6 amide bonds. The predicted octanol–water partition coefficient (Wildman–Crippen LogP) is -0.820. The van der Waals surface area contributed by atoms with Crippen LogP contribution < -0.4 is 32.3 Å². The summed E-state index contributed by atoms with van der Waals surface area (Å²) in [5, 5.41) is 21.2. The molecule has 0 spiro atoms. The molecule has 8 N–H and O–H groups in total. The highest BCUT2D eigenvalue weighted by Gasteiger charge is 2.28. The molecule has 228 valence electrons. The number of carbonyl (C=O) groups excluding carboxylic acids is 6. The zero-order valence-electron chi connectivity index (χ0n) is 24.0. The minimum absolute atomic E-state index is 0.237. The molecule has 0 saturated heterocycles. The molecule has 0 heterocycles. The van der Waals surface area contributed by atoms with Crippen LogP contribution in [0.1, 0.15) is 46.5 Å². The van der Waals surface area contributed by atoms with Gasteiger partial charge in [0.05, 0.1) is 13.0 Å². The Balaban J connectivity index is 4.72. The first-order chi connectivity index (χ1) is 18.4. The van der Waals surface area contributed by atoms with Crippen LogP contribution in [-0.2, 0) is 33.5 Å². The maximum Gasteiger partial charge on any atom is 0.407 e. The van der Waals surface area contributed by atoms with Gasteiger partial charge in [0, 0.05) is 21.5 Å². The molecule has 0 aromatic heterocycles. The highest BCUT2D eigenvalue weighted by molar-refractivity contribution is 6.76. The number of carboxylic acid groups (broad SMARTS) is 1. The molecule has 0 saturated carbocycles. The molecule has 0 aromatic rings. The minimum atomic E-state index is -1.56. The molecule has 16 heteroatoms. The second-order valence-electron chi connectivity index (χ2n) is 10.7. The lowest BCUT2D eigenvalue weighted by molar-refractivity contribution is -0.143. The summed E-state index contributed by atoms with van der Waals surface area (Å²) >= 11 is 0. The van der Waals surface area contributed by atoms with E-state index < -0.39 is 80.3 Å². The maximum absolute atomic E-state index is 12.7. The lowest BCUT2D eigenvalue weighted by Gasteiger charge is -2.22. The second kappa shape index (κ2) is 17.8. The summed E-state index contributed by atoms with van der Waals surface area (Å²) < 4.78 is 5.15. The third-order valence-electron chi connectivity index (χ3n) is 5.49. The molecule has 0 fully saturated rings. The van der Waals surface area contributed by atoms with Crippen LogP contribution >= 0.6 is 0 Å². The number of alkyl carbamates (subject to hydrolysis) is 1. The van der Waals surface area contributed by atoms with Gasteiger partial charge in [0.2, 0.25) is 29.5 Å².